The Morgan fingerprint density at radius 3 is 2.35 bits per heavy atom. The predicted octanol–water partition coefficient (Wildman–Crippen LogP) is 5.61. The molecule has 2 N–H and O–H groups in total. The zero-order valence-corrected chi connectivity index (χ0v) is 18.9. The van der Waals surface area contributed by atoms with Gasteiger partial charge in [-0.3, -0.25) is 14.5 Å². The molecule has 0 aliphatic carbocycles. The number of benzene rings is 3. The number of rotatable bonds is 4. The molecule has 0 bridgehead atoms. The topological polar surface area (TPSA) is 87.1 Å². The van der Waals surface area contributed by atoms with E-state index in [-0.39, 0.29) is 32.7 Å². The third kappa shape index (κ3) is 3.95. The minimum atomic E-state index is -1.38. The number of anilines is 1. The first kappa shape index (κ1) is 23.5. The second-order valence-corrected chi connectivity index (χ2v) is 8.17. The van der Waals surface area contributed by atoms with E-state index in [1.807, 2.05) is 0 Å². The Hall–Kier alpha value is -3.62. The van der Waals surface area contributed by atoms with Gasteiger partial charge in [0.05, 0.1) is 35.0 Å². The monoisotopic (exact) mass is 505 g/mol. The molecule has 34 heavy (non-hydrogen) atoms. The van der Waals surface area contributed by atoms with Crippen molar-refractivity contribution in [3.63, 3.8) is 0 Å². The van der Waals surface area contributed by atoms with E-state index in [4.69, 9.17) is 27.9 Å². The molecule has 1 amide bonds. The molecule has 1 aliphatic rings. The smallest absolute Gasteiger partial charge is 0.300 e. The Bertz CT molecular complexity index is 1360. The maximum atomic E-state index is 14.7. The summed E-state index contributed by atoms with van der Waals surface area (Å²) in [4.78, 5) is 26.9. The Morgan fingerprint density at radius 2 is 1.71 bits per heavy atom. The van der Waals surface area contributed by atoms with Crippen LogP contribution in [0.5, 0.6) is 11.5 Å². The van der Waals surface area contributed by atoms with E-state index in [2.05, 4.69) is 0 Å². The maximum absolute atomic E-state index is 14.7. The van der Waals surface area contributed by atoms with Gasteiger partial charge in [0.2, 0.25) is 0 Å². The highest BCUT2D eigenvalue weighted by Gasteiger charge is 2.48. The molecular weight excluding hydrogens is 491 g/mol. The third-order valence-electron chi connectivity index (χ3n) is 5.29. The van der Waals surface area contributed by atoms with Crippen molar-refractivity contribution in [2.75, 3.05) is 12.0 Å². The van der Waals surface area contributed by atoms with Crippen LogP contribution >= 0.6 is 23.2 Å². The lowest BCUT2D eigenvalue weighted by molar-refractivity contribution is -0.132. The molecule has 0 radical (unpaired) electrons. The molecule has 1 atom stereocenters. The summed E-state index contributed by atoms with van der Waals surface area (Å²) < 4.78 is 33.9. The SMILES string of the molecule is COc1c(Cl)cc(Cl)cc1/C(O)=C1\C(=O)C(=O)N(c2cc(F)ccc2F)C1c1ccc(O)cc1. The summed E-state index contributed by atoms with van der Waals surface area (Å²) >= 11 is 12.2. The summed E-state index contributed by atoms with van der Waals surface area (Å²) in [7, 11) is 1.28. The number of hydrogen-bond donors (Lipinski definition) is 2. The van der Waals surface area contributed by atoms with Crippen LogP contribution in [-0.4, -0.2) is 29.0 Å². The van der Waals surface area contributed by atoms with Gasteiger partial charge in [0, 0.05) is 11.1 Å². The van der Waals surface area contributed by atoms with Crippen molar-refractivity contribution in [1.82, 2.24) is 0 Å². The van der Waals surface area contributed by atoms with Crippen LogP contribution in [0.15, 0.2) is 60.2 Å². The van der Waals surface area contributed by atoms with Crippen molar-refractivity contribution < 1.29 is 33.3 Å². The molecule has 0 saturated carbocycles. The number of hydrogen-bond acceptors (Lipinski definition) is 5. The van der Waals surface area contributed by atoms with Crippen molar-refractivity contribution in [3.8, 4) is 11.5 Å². The second-order valence-electron chi connectivity index (χ2n) is 7.32. The molecule has 4 rings (SSSR count). The number of aromatic hydroxyl groups is 1. The van der Waals surface area contributed by atoms with Gasteiger partial charge >= 0.3 is 0 Å². The molecule has 0 aromatic heterocycles. The van der Waals surface area contributed by atoms with Crippen LogP contribution in [0.1, 0.15) is 17.2 Å². The summed E-state index contributed by atoms with van der Waals surface area (Å²) in [6.07, 6.45) is 0. The van der Waals surface area contributed by atoms with Crippen molar-refractivity contribution in [2.24, 2.45) is 0 Å². The number of aliphatic hydroxyl groups excluding tert-OH is 1. The lowest BCUT2D eigenvalue weighted by Crippen LogP contribution is -2.30. The number of amides is 1. The van der Waals surface area contributed by atoms with Gasteiger partial charge < -0.3 is 14.9 Å². The summed E-state index contributed by atoms with van der Waals surface area (Å²) in [6, 6.07) is 9.05. The lowest BCUT2D eigenvalue weighted by Gasteiger charge is -2.26. The maximum Gasteiger partial charge on any atom is 0.300 e. The lowest BCUT2D eigenvalue weighted by atomic mass is 9.94. The molecule has 1 heterocycles. The minimum Gasteiger partial charge on any atom is -0.508 e. The van der Waals surface area contributed by atoms with Gasteiger partial charge in [0.15, 0.2) is 0 Å². The number of methoxy groups -OCH3 is 1. The molecule has 174 valence electrons. The van der Waals surface area contributed by atoms with Crippen molar-refractivity contribution in [2.45, 2.75) is 6.04 Å². The predicted molar refractivity (Wildman–Crippen MR) is 122 cm³/mol. The van der Waals surface area contributed by atoms with Crippen LogP contribution in [0.3, 0.4) is 0 Å². The van der Waals surface area contributed by atoms with Gasteiger partial charge in [0.1, 0.15) is 28.9 Å². The molecule has 1 unspecified atom stereocenters. The highest BCUT2D eigenvalue weighted by Crippen LogP contribution is 2.45. The molecule has 10 heteroatoms. The van der Waals surface area contributed by atoms with Crippen LogP contribution in [-0.2, 0) is 9.59 Å². The van der Waals surface area contributed by atoms with E-state index in [1.165, 1.54) is 43.5 Å². The number of halogens is 4. The van der Waals surface area contributed by atoms with Crippen molar-refractivity contribution >= 4 is 46.3 Å². The van der Waals surface area contributed by atoms with Gasteiger partial charge in [-0.05, 0) is 42.0 Å². The first-order valence-corrected chi connectivity index (χ1v) is 10.5. The Balaban J connectivity index is 2.04. The first-order chi connectivity index (χ1) is 16.1. The largest absolute Gasteiger partial charge is 0.508 e. The molecular formula is C24H15Cl2F2NO5. The molecule has 3 aromatic carbocycles. The number of aliphatic hydroxyl groups is 1. The Kier molecular flexibility index (Phi) is 6.20. The van der Waals surface area contributed by atoms with Crippen molar-refractivity contribution in [1.29, 1.82) is 0 Å². The third-order valence-corrected chi connectivity index (χ3v) is 5.79. The summed E-state index contributed by atoms with van der Waals surface area (Å²) in [5.74, 6) is -4.97. The van der Waals surface area contributed by atoms with Gasteiger partial charge in [0.25, 0.3) is 11.7 Å². The fourth-order valence-electron chi connectivity index (χ4n) is 3.81. The molecule has 0 spiro atoms. The van der Waals surface area contributed by atoms with Gasteiger partial charge in [-0.15, -0.1) is 0 Å². The van der Waals surface area contributed by atoms with E-state index in [0.29, 0.717) is 0 Å². The van der Waals surface area contributed by atoms with Gasteiger partial charge in [-0.1, -0.05) is 35.3 Å². The van der Waals surface area contributed by atoms with Crippen molar-refractivity contribution in [3.05, 3.63) is 93.0 Å². The van der Waals surface area contributed by atoms with Crippen LogP contribution in [0, 0.1) is 11.6 Å². The number of ether oxygens (including phenoxy) is 1. The van der Waals surface area contributed by atoms with Crippen LogP contribution in [0.2, 0.25) is 10.0 Å². The fourth-order valence-corrected chi connectivity index (χ4v) is 4.38. The highest BCUT2D eigenvalue weighted by molar-refractivity contribution is 6.52. The van der Waals surface area contributed by atoms with Crippen LogP contribution in [0.25, 0.3) is 5.76 Å². The number of phenols is 1. The summed E-state index contributed by atoms with van der Waals surface area (Å²) in [5.41, 5.74) is -0.790. The molecule has 1 saturated heterocycles. The van der Waals surface area contributed by atoms with E-state index in [9.17, 15) is 28.6 Å². The second kappa shape index (κ2) is 8.96. The Labute approximate surface area is 202 Å². The molecule has 1 fully saturated rings. The number of nitrogens with zero attached hydrogens (tertiary/aromatic N) is 1. The number of ketones is 1. The number of carbonyl (C=O) groups is 2. The number of carbonyl (C=O) groups excluding carboxylic acids is 2. The first-order valence-electron chi connectivity index (χ1n) is 9.72. The zero-order valence-electron chi connectivity index (χ0n) is 17.4. The zero-order chi connectivity index (χ0) is 24.7. The molecule has 1 aliphatic heterocycles. The van der Waals surface area contributed by atoms with E-state index >= 15 is 0 Å². The summed E-state index contributed by atoms with van der Waals surface area (Å²) in [6.45, 7) is 0. The van der Waals surface area contributed by atoms with Crippen LogP contribution < -0.4 is 9.64 Å². The standard InChI is InChI=1S/C24H15Cl2F2NO5/c1-34-23-15(8-12(25)9-16(23)26)21(31)19-20(11-2-5-14(30)6-3-11)29(24(33)22(19)32)18-10-13(27)4-7-17(18)28/h2-10,20,30-31H,1H3/b21-19+. The van der Waals surface area contributed by atoms with Crippen LogP contribution in [0.4, 0.5) is 14.5 Å². The summed E-state index contributed by atoms with van der Waals surface area (Å²) in [5, 5.41) is 21.0. The average Bonchev–Trinajstić information content (AvgIpc) is 3.05. The van der Waals surface area contributed by atoms with E-state index in [1.54, 1.807) is 0 Å². The molecule has 3 aromatic rings. The minimum absolute atomic E-state index is 0.0174. The number of phenolic OH excluding ortho intramolecular Hbond substituents is 1. The molecule has 6 nitrogen and oxygen atoms in total. The van der Waals surface area contributed by atoms with Gasteiger partial charge in [-0.2, -0.15) is 0 Å². The number of Topliss-reactive ketones (excluding diaryl/α,β-unsaturated/α-hetero) is 1. The normalized spacial score (nSPS) is 17.3. The van der Waals surface area contributed by atoms with E-state index in [0.717, 1.165) is 23.1 Å². The quantitative estimate of drug-likeness (QED) is 0.273. The Morgan fingerprint density at radius 1 is 1.03 bits per heavy atom. The highest BCUT2D eigenvalue weighted by atomic mass is 35.5. The van der Waals surface area contributed by atoms with E-state index < -0.39 is 46.4 Å². The van der Waals surface area contributed by atoms with Gasteiger partial charge in [-0.25, -0.2) is 8.78 Å². The average molecular weight is 506 g/mol. The fraction of sp³-hybridized carbons (Fsp3) is 0.0833.